The van der Waals surface area contributed by atoms with E-state index < -0.39 is 0 Å². The van der Waals surface area contributed by atoms with Crippen molar-refractivity contribution in [3.8, 4) is 15.6 Å². The van der Waals surface area contributed by atoms with E-state index in [0.717, 1.165) is 40.2 Å². The van der Waals surface area contributed by atoms with E-state index in [1.165, 1.54) is 22.9 Å². The van der Waals surface area contributed by atoms with Crippen LogP contribution in [0, 0.1) is 12.3 Å². The third kappa shape index (κ3) is 3.96. The van der Waals surface area contributed by atoms with E-state index in [-0.39, 0.29) is 17.2 Å². The van der Waals surface area contributed by atoms with Crippen molar-refractivity contribution < 1.29 is 18.7 Å². The summed E-state index contributed by atoms with van der Waals surface area (Å²) < 4.78 is 15.2. The van der Waals surface area contributed by atoms with Crippen LogP contribution < -0.4 is 4.74 Å². The van der Waals surface area contributed by atoms with Crippen LogP contribution in [0.3, 0.4) is 0 Å². The van der Waals surface area contributed by atoms with E-state index >= 15 is 0 Å². The quantitative estimate of drug-likeness (QED) is 0.388. The van der Waals surface area contributed by atoms with Crippen LogP contribution in [0.4, 0.5) is 0 Å². The molecule has 186 valence electrons. The van der Waals surface area contributed by atoms with E-state index in [4.69, 9.17) is 9.15 Å². The summed E-state index contributed by atoms with van der Waals surface area (Å²) in [7, 11) is 1.59. The minimum atomic E-state index is -0.100. The van der Waals surface area contributed by atoms with Crippen LogP contribution in [0.2, 0.25) is 0 Å². The highest BCUT2D eigenvalue weighted by atomic mass is 32.1. The fourth-order valence-electron chi connectivity index (χ4n) is 5.23. The number of piperidine rings is 1. The van der Waals surface area contributed by atoms with Crippen LogP contribution in [-0.4, -0.2) is 69.5 Å². The predicted octanol–water partition coefficient (Wildman–Crippen LogP) is 4.49. The van der Waals surface area contributed by atoms with Gasteiger partial charge in [-0.05, 0) is 55.3 Å². The van der Waals surface area contributed by atoms with Crippen molar-refractivity contribution >= 4 is 45.7 Å². The Hall–Kier alpha value is -3.31. The summed E-state index contributed by atoms with van der Waals surface area (Å²) in [6.45, 7) is 4.60. The molecule has 0 aliphatic carbocycles. The predicted molar refractivity (Wildman–Crippen MR) is 137 cm³/mol. The monoisotopic (exact) mass is 523 g/mol. The molecule has 0 unspecified atom stereocenters. The summed E-state index contributed by atoms with van der Waals surface area (Å²) in [6.07, 6.45) is 2.66. The molecular formula is C25H25N5O4S2. The number of aryl methyl sites for hydroxylation is 1. The van der Waals surface area contributed by atoms with Crippen molar-refractivity contribution in [2.75, 3.05) is 33.3 Å². The van der Waals surface area contributed by atoms with Gasteiger partial charge in [0.05, 0.1) is 12.8 Å². The molecule has 0 radical (unpaired) electrons. The lowest BCUT2D eigenvalue weighted by Gasteiger charge is -2.38. The van der Waals surface area contributed by atoms with Gasteiger partial charge in [0.15, 0.2) is 17.1 Å². The van der Waals surface area contributed by atoms with Crippen molar-refractivity contribution in [2.45, 2.75) is 26.2 Å². The van der Waals surface area contributed by atoms with Gasteiger partial charge < -0.3 is 19.0 Å². The normalized spacial score (nSPS) is 17.3. The number of hydrogen-bond acceptors (Lipinski definition) is 9. The van der Waals surface area contributed by atoms with Crippen molar-refractivity contribution in [3.63, 3.8) is 0 Å². The maximum atomic E-state index is 13.2. The molecule has 0 atom stereocenters. The van der Waals surface area contributed by atoms with Crippen LogP contribution in [0.15, 0.2) is 34.1 Å². The molecule has 9 nitrogen and oxygen atoms in total. The van der Waals surface area contributed by atoms with Crippen LogP contribution in [-0.2, 0) is 0 Å². The van der Waals surface area contributed by atoms with Gasteiger partial charge in [0.25, 0.3) is 11.8 Å². The number of carbonyl (C=O) groups is 2. The lowest BCUT2D eigenvalue weighted by Crippen LogP contribution is -2.44. The molecule has 2 saturated heterocycles. The highest BCUT2D eigenvalue weighted by Gasteiger charge is 2.43. The zero-order valence-electron chi connectivity index (χ0n) is 20.0. The van der Waals surface area contributed by atoms with Gasteiger partial charge in [-0.2, -0.15) is 0 Å². The maximum Gasteiger partial charge on any atom is 0.289 e. The lowest BCUT2D eigenvalue weighted by atomic mass is 9.77. The number of hydrogen-bond donors (Lipinski definition) is 0. The first kappa shape index (κ1) is 23.1. The standard InChI is InChI=1S/C25H25N5O4S2/c1-15-21(36-28-27-15)22-26-17(13-35-22)23(31)30-11-8-25(14-30)6-9-29(10-7-25)24(32)19-12-16-4-3-5-18(33-2)20(16)34-19/h3-5,12-13H,6-11,14H2,1-2H3. The molecule has 5 heterocycles. The van der Waals surface area contributed by atoms with Gasteiger partial charge in [0, 0.05) is 36.9 Å². The molecule has 3 aromatic heterocycles. The molecular weight excluding hydrogens is 498 g/mol. The van der Waals surface area contributed by atoms with E-state index in [9.17, 15) is 9.59 Å². The summed E-state index contributed by atoms with van der Waals surface area (Å²) in [6, 6.07) is 7.40. The molecule has 0 N–H and O–H groups in total. The Morgan fingerprint density at radius 2 is 1.89 bits per heavy atom. The molecule has 2 aliphatic heterocycles. The van der Waals surface area contributed by atoms with Gasteiger partial charge in [0.2, 0.25) is 0 Å². The number of rotatable bonds is 4. The molecule has 0 saturated carbocycles. The molecule has 1 spiro atoms. The Kier molecular flexibility index (Phi) is 5.76. The number of aromatic nitrogens is 3. The fraction of sp³-hybridized carbons (Fsp3) is 0.400. The van der Waals surface area contributed by atoms with Gasteiger partial charge in [0.1, 0.15) is 15.6 Å². The molecule has 2 aliphatic rings. The zero-order valence-corrected chi connectivity index (χ0v) is 21.7. The lowest BCUT2D eigenvalue weighted by molar-refractivity contribution is 0.0541. The van der Waals surface area contributed by atoms with Gasteiger partial charge in [-0.15, -0.1) is 16.4 Å². The zero-order chi connectivity index (χ0) is 24.9. The van der Waals surface area contributed by atoms with Gasteiger partial charge in [-0.3, -0.25) is 9.59 Å². The number of carbonyl (C=O) groups excluding carboxylic acids is 2. The summed E-state index contributed by atoms with van der Waals surface area (Å²) in [5.74, 6) is 0.821. The largest absolute Gasteiger partial charge is 0.493 e. The number of furan rings is 1. The number of amides is 2. The molecule has 2 fully saturated rings. The number of nitrogens with zero attached hydrogens (tertiary/aromatic N) is 5. The van der Waals surface area contributed by atoms with Crippen molar-refractivity contribution in [1.29, 1.82) is 0 Å². The minimum absolute atomic E-state index is 0.0285. The van der Waals surface area contributed by atoms with Crippen molar-refractivity contribution in [1.82, 2.24) is 24.4 Å². The number of methoxy groups -OCH3 is 1. The van der Waals surface area contributed by atoms with E-state index in [1.807, 2.05) is 40.3 Å². The van der Waals surface area contributed by atoms with Gasteiger partial charge >= 0.3 is 0 Å². The number of fused-ring (bicyclic) bond motifs is 1. The maximum absolute atomic E-state index is 13.2. The summed E-state index contributed by atoms with van der Waals surface area (Å²) in [5.41, 5.74) is 1.94. The first-order valence-electron chi connectivity index (χ1n) is 11.9. The molecule has 11 heteroatoms. The number of thiazole rings is 1. The third-order valence-corrected chi connectivity index (χ3v) is 9.17. The second-order valence-electron chi connectivity index (χ2n) is 9.48. The molecule has 4 aromatic rings. The van der Waals surface area contributed by atoms with E-state index in [2.05, 4.69) is 14.6 Å². The van der Waals surface area contributed by atoms with Crippen molar-refractivity contribution in [3.05, 3.63) is 46.8 Å². The average molecular weight is 524 g/mol. The topological polar surface area (TPSA) is 102 Å². The fourth-order valence-corrected chi connectivity index (χ4v) is 6.81. The molecule has 6 rings (SSSR count). The van der Waals surface area contributed by atoms with Crippen molar-refractivity contribution in [2.24, 2.45) is 5.41 Å². The summed E-state index contributed by atoms with van der Waals surface area (Å²) >= 11 is 2.75. The van der Waals surface area contributed by atoms with Crippen LogP contribution in [0.5, 0.6) is 5.75 Å². The first-order chi connectivity index (χ1) is 17.5. The van der Waals surface area contributed by atoms with Crippen LogP contribution >= 0.6 is 22.9 Å². The first-order valence-corrected chi connectivity index (χ1v) is 13.5. The molecule has 2 amide bonds. The smallest absolute Gasteiger partial charge is 0.289 e. The highest BCUT2D eigenvalue weighted by Crippen LogP contribution is 2.41. The number of likely N-dealkylation sites (tertiary alicyclic amines) is 2. The Morgan fingerprint density at radius 3 is 2.61 bits per heavy atom. The Labute approximate surface area is 215 Å². The highest BCUT2D eigenvalue weighted by molar-refractivity contribution is 7.18. The Morgan fingerprint density at radius 1 is 1.11 bits per heavy atom. The molecule has 1 aromatic carbocycles. The van der Waals surface area contributed by atoms with Gasteiger partial charge in [-0.1, -0.05) is 16.6 Å². The summed E-state index contributed by atoms with van der Waals surface area (Å²) in [5, 5.41) is 7.50. The van der Waals surface area contributed by atoms with Crippen LogP contribution in [0.1, 0.15) is 46.0 Å². The second kappa shape index (κ2) is 8.97. The minimum Gasteiger partial charge on any atom is -0.493 e. The van der Waals surface area contributed by atoms with Crippen LogP contribution in [0.25, 0.3) is 20.9 Å². The van der Waals surface area contributed by atoms with E-state index in [0.29, 0.717) is 49.0 Å². The average Bonchev–Trinajstić information content (AvgIpc) is 3.69. The van der Waals surface area contributed by atoms with Gasteiger partial charge in [-0.25, -0.2) is 4.98 Å². The number of ether oxygens (including phenoxy) is 1. The summed E-state index contributed by atoms with van der Waals surface area (Å²) in [4.78, 5) is 35.6. The Balaban J connectivity index is 1.10. The second-order valence-corrected chi connectivity index (χ2v) is 11.1. The Bertz CT molecular complexity index is 1450. The SMILES string of the molecule is COc1cccc2cc(C(=O)N3CCC4(CCN(C(=O)c5csc(-c6snnc6C)n5)C4)CC3)oc12. The van der Waals surface area contributed by atoms with E-state index in [1.54, 1.807) is 13.2 Å². The number of para-hydroxylation sites is 1. The molecule has 0 bridgehead atoms. The third-order valence-electron chi connectivity index (χ3n) is 7.34. The number of benzene rings is 1. The molecule has 36 heavy (non-hydrogen) atoms.